The van der Waals surface area contributed by atoms with Gasteiger partial charge in [0.15, 0.2) is 0 Å². The Morgan fingerprint density at radius 1 is 1.64 bits per heavy atom. The average Bonchev–Trinajstić information content (AvgIpc) is 1.88. The van der Waals surface area contributed by atoms with E-state index in [2.05, 4.69) is 0 Å². The Bertz CT molecular complexity index is 179. The second kappa shape index (κ2) is 3.80. The monoisotopic (exact) mass is 182 g/mol. The molecule has 1 unspecified atom stereocenters. The third-order valence-corrected chi connectivity index (χ3v) is 3.18. The Morgan fingerprint density at radius 2 is 2.09 bits per heavy atom. The summed E-state index contributed by atoms with van der Waals surface area (Å²) in [5.41, 5.74) is 0. The highest BCUT2D eigenvalue weighted by atomic mass is 32.2. The number of carboxylic acids is 1. The van der Waals surface area contributed by atoms with Gasteiger partial charge >= 0.3 is 5.97 Å². The van der Waals surface area contributed by atoms with Crippen molar-refractivity contribution in [3.8, 4) is 0 Å². The molecule has 0 aromatic carbocycles. The van der Waals surface area contributed by atoms with Crippen molar-refractivity contribution in [1.82, 2.24) is 0 Å². The maximum atomic E-state index is 11.7. The molecule has 0 heterocycles. The highest BCUT2D eigenvalue weighted by Gasteiger charge is 2.33. The van der Waals surface area contributed by atoms with Crippen LogP contribution in [-0.2, 0) is 15.6 Å². The van der Waals surface area contributed by atoms with E-state index in [4.69, 9.17) is 5.11 Å². The Balaban J connectivity index is 4.30. The Kier molecular flexibility index (Phi) is 3.65. The molecule has 0 saturated carbocycles. The van der Waals surface area contributed by atoms with Crippen LogP contribution in [-0.4, -0.2) is 32.5 Å². The van der Waals surface area contributed by atoms with E-state index in [0.717, 1.165) is 0 Å². The molecule has 0 aliphatic carbocycles. The molecular formula is C6H11FO3S. The number of hydrogen-bond acceptors (Lipinski definition) is 2. The van der Waals surface area contributed by atoms with E-state index in [1.54, 1.807) is 0 Å². The molecule has 5 heteroatoms. The third-order valence-electron chi connectivity index (χ3n) is 1.35. The number of carbonyl (C=O) groups is 1. The fourth-order valence-electron chi connectivity index (χ4n) is 0.423. The van der Waals surface area contributed by atoms with Crippen LogP contribution in [0.1, 0.15) is 13.8 Å². The molecule has 0 amide bonds. The van der Waals surface area contributed by atoms with E-state index in [0.29, 0.717) is 0 Å². The van der Waals surface area contributed by atoms with Gasteiger partial charge in [0, 0.05) is 10.8 Å². The van der Waals surface area contributed by atoms with E-state index in [1.807, 2.05) is 0 Å². The van der Waals surface area contributed by atoms with E-state index in [9.17, 15) is 13.4 Å². The summed E-state index contributed by atoms with van der Waals surface area (Å²) in [6.45, 7) is 1.89. The zero-order valence-electron chi connectivity index (χ0n) is 6.46. The number of carboxylic acid groups (broad SMARTS) is 1. The van der Waals surface area contributed by atoms with Crippen molar-refractivity contribution < 1.29 is 18.5 Å². The van der Waals surface area contributed by atoms with Crippen molar-refractivity contribution in [3.63, 3.8) is 0 Å². The third kappa shape index (κ3) is 2.57. The zero-order valence-corrected chi connectivity index (χ0v) is 7.28. The minimum Gasteiger partial charge on any atom is -0.480 e. The van der Waals surface area contributed by atoms with Gasteiger partial charge in [0.2, 0.25) is 0 Å². The summed E-state index contributed by atoms with van der Waals surface area (Å²) in [5, 5.41) is 8.52. The van der Waals surface area contributed by atoms with Crippen LogP contribution in [0.5, 0.6) is 0 Å². The van der Waals surface area contributed by atoms with Gasteiger partial charge in [-0.1, -0.05) is 0 Å². The predicted molar refractivity (Wildman–Crippen MR) is 40.7 cm³/mol. The molecule has 0 aliphatic heterocycles. The summed E-state index contributed by atoms with van der Waals surface area (Å²) in [7, 11) is -1.64. The number of hydrogen-bond donors (Lipinski definition) is 1. The summed E-state index contributed by atoms with van der Waals surface area (Å²) < 4.78 is 21.3. The molecule has 0 radical (unpaired) electrons. The van der Waals surface area contributed by atoms with Crippen LogP contribution in [0.4, 0.5) is 4.39 Å². The maximum Gasteiger partial charge on any atom is 0.321 e. The fraction of sp³-hybridized carbons (Fsp3) is 0.833. The molecule has 0 spiro atoms. The molecule has 0 saturated heterocycles. The smallest absolute Gasteiger partial charge is 0.321 e. The molecule has 0 rings (SSSR count). The molecular weight excluding hydrogens is 171 g/mol. The molecule has 11 heavy (non-hydrogen) atoms. The van der Waals surface area contributed by atoms with Crippen LogP contribution in [0.25, 0.3) is 0 Å². The molecule has 0 aromatic rings. The van der Waals surface area contributed by atoms with Crippen molar-refractivity contribution in [2.24, 2.45) is 0 Å². The summed E-state index contributed by atoms with van der Waals surface area (Å²) in [6.07, 6.45) is 0. The molecule has 0 bridgehead atoms. The van der Waals surface area contributed by atoms with E-state index in [-0.39, 0.29) is 5.75 Å². The van der Waals surface area contributed by atoms with Gasteiger partial charge in [-0.2, -0.15) is 0 Å². The Hall–Kier alpha value is -0.450. The standard InChI is InChI=1S/C6H11FO3S/c1-6(2,5(8)9)11(10)4-3-7/h3-4H2,1-2H3,(H,8,9). The predicted octanol–water partition coefficient (Wildman–Crippen LogP) is 0.568. The second-order valence-corrected chi connectivity index (χ2v) is 4.67. The minimum atomic E-state index is -1.64. The van der Waals surface area contributed by atoms with Crippen LogP contribution in [0.15, 0.2) is 0 Å². The lowest BCUT2D eigenvalue weighted by molar-refractivity contribution is -0.139. The minimum absolute atomic E-state index is 0.209. The van der Waals surface area contributed by atoms with Gasteiger partial charge in [0.05, 0.1) is 5.75 Å². The van der Waals surface area contributed by atoms with Crippen LogP contribution >= 0.6 is 0 Å². The van der Waals surface area contributed by atoms with Gasteiger partial charge in [0.1, 0.15) is 11.4 Å². The van der Waals surface area contributed by atoms with Crippen molar-refractivity contribution in [3.05, 3.63) is 0 Å². The number of aliphatic carboxylic acids is 1. The van der Waals surface area contributed by atoms with Crippen molar-refractivity contribution >= 4 is 16.8 Å². The Morgan fingerprint density at radius 3 is 2.36 bits per heavy atom. The maximum absolute atomic E-state index is 11.7. The molecule has 0 fully saturated rings. The Labute approximate surface area is 67.1 Å². The largest absolute Gasteiger partial charge is 0.480 e. The molecule has 66 valence electrons. The van der Waals surface area contributed by atoms with Gasteiger partial charge < -0.3 is 5.11 Å². The van der Waals surface area contributed by atoms with Crippen molar-refractivity contribution in [1.29, 1.82) is 0 Å². The van der Waals surface area contributed by atoms with Gasteiger partial charge in [-0.15, -0.1) is 0 Å². The van der Waals surface area contributed by atoms with Crippen LogP contribution in [0, 0.1) is 0 Å². The average molecular weight is 182 g/mol. The first kappa shape index (κ1) is 10.6. The second-order valence-electron chi connectivity index (χ2n) is 2.55. The van der Waals surface area contributed by atoms with Gasteiger partial charge in [-0.05, 0) is 13.8 Å². The number of alkyl halides is 1. The zero-order chi connectivity index (χ0) is 9.07. The van der Waals surface area contributed by atoms with Gasteiger partial charge in [0.25, 0.3) is 0 Å². The highest BCUT2D eigenvalue weighted by Crippen LogP contribution is 2.12. The summed E-state index contributed by atoms with van der Waals surface area (Å²) in [4.78, 5) is 10.4. The lowest BCUT2D eigenvalue weighted by Gasteiger charge is -2.16. The van der Waals surface area contributed by atoms with Gasteiger partial charge in [-0.25, -0.2) is 0 Å². The molecule has 0 aliphatic rings. The summed E-state index contributed by atoms with van der Waals surface area (Å²) in [6, 6.07) is 0. The van der Waals surface area contributed by atoms with Crippen molar-refractivity contribution in [2.75, 3.05) is 12.4 Å². The lowest BCUT2D eigenvalue weighted by Crippen LogP contribution is -2.38. The first-order valence-corrected chi connectivity index (χ1v) is 4.42. The number of halogens is 1. The number of rotatable bonds is 4. The van der Waals surface area contributed by atoms with Crippen LogP contribution < -0.4 is 0 Å². The highest BCUT2D eigenvalue weighted by molar-refractivity contribution is 7.87. The summed E-state index contributed by atoms with van der Waals surface area (Å²) >= 11 is 0. The first-order valence-electron chi connectivity index (χ1n) is 3.10. The summed E-state index contributed by atoms with van der Waals surface area (Å²) in [5.74, 6) is -1.37. The van der Waals surface area contributed by atoms with Crippen molar-refractivity contribution in [2.45, 2.75) is 18.6 Å². The fourth-order valence-corrected chi connectivity index (χ4v) is 1.27. The van der Waals surface area contributed by atoms with Crippen LogP contribution in [0.2, 0.25) is 0 Å². The van der Waals surface area contributed by atoms with Gasteiger partial charge in [-0.3, -0.25) is 13.4 Å². The topological polar surface area (TPSA) is 54.4 Å². The SMILES string of the molecule is CC(C)(C(=O)O)S(=O)CCF. The first-order chi connectivity index (χ1) is 4.92. The molecule has 0 aromatic heterocycles. The van der Waals surface area contributed by atoms with E-state index in [1.165, 1.54) is 13.8 Å². The van der Waals surface area contributed by atoms with E-state index < -0.39 is 28.2 Å². The quantitative estimate of drug-likeness (QED) is 0.691. The lowest BCUT2D eigenvalue weighted by atomic mass is 10.2. The van der Waals surface area contributed by atoms with Crippen LogP contribution in [0.3, 0.4) is 0 Å². The molecule has 3 nitrogen and oxygen atoms in total. The van der Waals surface area contributed by atoms with E-state index >= 15 is 0 Å². The normalized spacial score (nSPS) is 14.5. The molecule has 1 N–H and O–H groups in total. The molecule has 1 atom stereocenters.